The molecule has 6 nitrogen and oxygen atoms in total. The Morgan fingerprint density at radius 3 is 2.61 bits per heavy atom. The molecule has 1 unspecified atom stereocenters. The summed E-state index contributed by atoms with van der Waals surface area (Å²) in [5.41, 5.74) is 2.61. The summed E-state index contributed by atoms with van der Waals surface area (Å²) in [6.07, 6.45) is 7.87. The van der Waals surface area contributed by atoms with Gasteiger partial charge < -0.3 is 15.5 Å². The number of hydrogen-bond donors (Lipinski definition) is 2. The molecule has 1 aliphatic carbocycles. The molecule has 0 aromatic carbocycles. The van der Waals surface area contributed by atoms with Crippen molar-refractivity contribution in [3.8, 4) is 0 Å². The van der Waals surface area contributed by atoms with E-state index in [0.717, 1.165) is 45.4 Å². The van der Waals surface area contributed by atoms with E-state index in [0.29, 0.717) is 13.1 Å². The summed E-state index contributed by atoms with van der Waals surface area (Å²) in [5.74, 6) is -1.06. The second-order valence-corrected chi connectivity index (χ2v) is 8.52. The van der Waals surface area contributed by atoms with E-state index in [2.05, 4.69) is 50.4 Å². The monoisotopic (exact) mass is 404 g/mol. The second kappa shape index (κ2) is 10.7. The third-order valence-corrected chi connectivity index (χ3v) is 6.39. The molecule has 1 fully saturated rings. The van der Waals surface area contributed by atoms with Gasteiger partial charge in [0.05, 0.1) is 6.04 Å². The van der Waals surface area contributed by atoms with Gasteiger partial charge in [0.1, 0.15) is 0 Å². The van der Waals surface area contributed by atoms with Gasteiger partial charge in [-0.25, -0.2) is 0 Å². The van der Waals surface area contributed by atoms with Crippen molar-refractivity contribution in [2.45, 2.75) is 38.1 Å². The van der Waals surface area contributed by atoms with Crippen LogP contribution in [0.25, 0.3) is 0 Å². The number of piperazine rings is 1. The Kier molecular flexibility index (Phi) is 8.06. The SMILES string of the molecule is CN1CCN(C(CNC(=O)C(=O)NCCC2=CCCCC2)c2ccsc2)CC1. The molecule has 1 aromatic heterocycles. The highest BCUT2D eigenvalue weighted by Gasteiger charge is 2.25. The van der Waals surface area contributed by atoms with E-state index in [-0.39, 0.29) is 6.04 Å². The predicted octanol–water partition coefficient (Wildman–Crippen LogP) is 2.16. The van der Waals surface area contributed by atoms with E-state index in [1.807, 2.05) is 0 Å². The highest BCUT2D eigenvalue weighted by molar-refractivity contribution is 7.08. The van der Waals surface area contributed by atoms with E-state index < -0.39 is 11.8 Å². The Morgan fingerprint density at radius 2 is 1.93 bits per heavy atom. The van der Waals surface area contributed by atoms with Crippen LogP contribution < -0.4 is 10.6 Å². The summed E-state index contributed by atoms with van der Waals surface area (Å²) < 4.78 is 0. The molecule has 0 spiro atoms. The first-order chi connectivity index (χ1) is 13.6. The second-order valence-electron chi connectivity index (χ2n) is 7.74. The lowest BCUT2D eigenvalue weighted by Gasteiger charge is -2.37. The summed E-state index contributed by atoms with van der Waals surface area (Å²) in [6.45, 7) is 4.96. The summed E-state index contributed by atoms with van der Waals surface area (Å²) in [7, 11) is 2.13. The van der Waals surface area contributed by atoms with E-state index in [4.69, 9.17) is 0 Å². The van der Waals surface area contributed by atoms with Gasteiger partial charge in [-0.1, -0.05) is 11.6 Å². The van der Waals surface area contributed by atoms with Crippen LogP contribution in [0.5, 0.6) is 0 Å². The number of amides is 2. The first-order valence-electron chi connectivity index (χ1n) is 10.3. The van der Waals surface area contributed by atoms with Crippen molar-refractivity contribution in [2.24, 2.45) is 0 Å². The standard InChI is InChI=1S/C21H32N4O2S/c1-24-10-12-25(13-11-24)19(18-8-14-28-16-18)15-23-21(27)20(26)22-9-7-17-5-3-2-4-6-17/h5,8,14,16,19H,2-4,6-7,9-13,15H2,1H3,(H,22,26)(H,23,27). The first-order valence-corrected chi connectivity index (χ1v) is 11.3. The molecular formula is C21H32N4O2S. The molecule has 0 radical (unpaired) electrons. The van der Waals surface area contributed by atoms with Crippen LogP contribution in [0, 0.1) is 0 Å². The summed E-state index contributed by atoms with van der Waals surface area (Å²) in [4.78, 5) is 29.1. The molecule has 2 heterocycles. The topological polar surface area (TPSA) is 64.7 Å². The van der Waals surface area contributed by atoms with Gasteiger partial charge in [-0.3, -0.25) is 14.5 Å². The number of rotatable bonds is 7. The number of allylic oxidation sites excluding steroid dienone is 1. The summed E-state index contributed by atoms with van der Waals surface area (Å²) in [5, 5.41) is 9.81. The van der Waals surface area contributed by atoms with Gasteiger partial charge in [-0.05, 0) is 61.5 Å². The quantitative estimate of drug-likeness (QED) is 0.540. The number of carbonyl (C=O) groups excluding carboxylic acids is 2. The maximum atomic E-state index is 12.3. The fourth-order valence-electron chi connectivity index (χ4n) is 3.87. The Bertz CT molecular complexity index is 666. The van der Waals surface area contributed by atoms with Gasteiger partial charge in [0.25, 0.3) is 0 Å². The van der Waals surface area contributed by atoms with Crippen LogP contribution in [0.3, 0.4) is 0 Å². The van der Waals surface area contributed by atoms with Gasteiger partial charge in [-0.2, -0.15) is 11.3 Å². The van der Waals surface area contributed by atoms with Crippen LogP contribution in [0.15, 0.2) is 28.5 Å². The van der Waals surface area contributed by atoms with Gasteiger partial charge in [0, 0.05) is 39.3 Å². The van der Waals surface area contributed by atoms with E-state index in [1.165, 1.54) is 24.0 Å². The molecule has 3 rings (SSSR count). The van der Waals surface area contributed by atoms with Crippen molar-refractivity contribution in [2.75, 3.05) is 46.3 Å². The zero-order valence-electron chi connectivity index (χ0n) is 16.8. The molecule has 2 amide bonds. The normalized spacial score (nSPS) is 19.7. The summed E-state index contributed by atoms with van der Waals surface area (Å²) in [6, 6.07) is 2.22. The van der Waals surface area contributed by atoms with Crippen LogP contribution in [0.1, 0.15) is 43.7 Å². The van der Waals surface area contributed by atoms with E-state index >= 15 is 0 Å². The third-order valence-electron chi connectivity index (χ3n) is 5.69. The maximum Gasteiger partial charge on any atom is 0.309 e. The molecule has 1 aliphatic heterocycles. The van der Waals surface area contributed by atoms with Crippen LogP contribution in [0.2, 0.25) is 0 Å². The average Bonchev–Trinajstić information content (AvgIpc) is 3.24. The van der Waals surface area contributed by atoms with Gasteiger partial charge >= 0.3 is 11.8 Å². The molecular weight excluding hydrogens is 372 g/mol. The minimum Gasteiger partial charge on any atom is -0.348 e. The van der Waals surface area contributed by atoms with Crippen molar-refractivity contribution in [3.05, 3.63) is 34.0 Å². The molecule has 0 saturated carbocycles. The van der Waals surface area contributed by atoms with Crippen LogP contribution in [-0.2, 0) is 9.59 Å². The van der Waals surface area contributed by atoms with Crippen molar-refractivity contribution >= 4 is 23.2 Å². The lowest BCUT2D eigenvalue weighted by atomic mass is 9.97. The number of nitrogens with zero attached hydrogens (tertiary/aromatic N) is 2. The van der Waals surface area contributed by atoms with Gasteiger partial charge in [0.15, 0.2) is 0 Å². The Balaban J connectivity index is 1.46. The number of likely N-dealkylation sites (N-methyl/N-ethyl adjacent to an activating group) is 1. The fourth-order valence-corrected chi connectivity index (χ4v) is 4.58. The van der Waals surface area contributed by atoms with Crippen LogP contribution >= 0.6 is 11.3 Å². The number of carbonyl (C=O) groups is 2. The lowest BCUT2D eigenvalue weighted by Crippen LogP contribution is -2.49. The number of nitrogens with one attached hydrogen (secondary N) is 2. The van der Waals surface area contributed by atoms with Crippen molar-refractivity contribution in [1.29, 1.82) is 0 Å². The number of thiophene rings is 1. The Morgan fingerprint density at radius 1 is 1.14 bits per heavy atom. The highest BCUT2D eigenvalue weighted by Crippen LogP contribution is 2.23. The van der Waals surface area contributed by atoms with E-state index in [9.17, 15) is 9.59 Å². The molecule has 2 aliphatic rings. The molecule has 1 aromatic rings. The molecule has 2 N–H and O–H groups in total. The zero-order valence-corrected chi connectivity index (χ0v) is 17.6. The minimum absolute atomic E-state index is 0.115. The van der Waals surface area contributed by atoms with Crippen LogP contribution in [0.4, 0.5) is 0 Å². The smallest absolute Gasteiger partial charge is 0.309 e. The first kappa shape index (κ1) is 21.0. The fraction of sp³-hybridized carbons (Fsp3) is 0.619. The Labute approximate surface area is 172 Å². The van der Waals surface area contributed by atoms with Crippen molar-refractivity contribution < 1.29 is 9.59 Å². The highest BCUT2D eigenvalue weighted by atomic mass is 32.1. The zero-order chi connectivity index (χ0) is 19.8. The average molecular weight is 405 g/mol. The van der Waals surface area contributed by atoms with Crippen LogP contribution in [-0.4, -0.2) is 67.9 Å². The summed E-state index contributed by atoms with van der Waals surface area (Å²) >= 11 is 1.66. The molecule has 7 heteroatoms. The predicted molar refractivity (Wildman–Crippen MR) is 113 cm³/mol. The van der Waals surface area contributed by atoms with Gasteiger partial charge in [0.2, 0.25) is 0 Å². The number of hydrogen-bond acceptors (Lipinski definition) is 5. The Hall–Kier alpha value is -1.70. The molecule has 0 bridgehead atoms. The molecule has 1 saturated heterocycles. The molecule has 1 atom stereocenters. The van der Waals surface area contributed by atoms with Crippen molar-refractivity contribution in [1.82, 2.24) is 20.4 Å². The third kappa shape index (κ3) is 6.15. The van der Waals surface area contributed by atoms with E-state index in [1.54, 1.807) is 11.3 Å². The van der Waals surface area contributed by atoms with Gasteiger partial charge in [-0.15, -0.1) is 0 Å². The van der Waals surface area contributed by atoms with Crippen molar-refractivity contribution in [3.63, 3.8) is 0 Å². The maximum absolute atomic E-state index is 12.3. The largest absolute Gasteiger partial charge is 0.348 e. The molecule has 154 valence electrons. The molecule has 28 heavy (non-hydrogen) atoms. The minimum atomic E-state index is -0.535. The lowest BCUT2D eigenvalue weighted by molar-refractivity contribution is -0.139.